The molecule has 0 saturated heterocycles. The van der Waals surface area contributed by atoms with Gasteiger partial charge in [-0.05, 0) is 57.8 Å². The van der Waals surface area contributed by atoms with Crippen LogP contribution in [-0.4, -0.2) is 11.6 Å². The van der Waals surface area contributed by atoms with Crippen LogP contribution >= 0.6 is 0 Å². The van der Waals surface area contributed by atoms with Gasteiger partial charge in [0.2, 0.25) is 0 Å². The van der Waals surface area contributed by atoms with E-state index in [2.05, 4.69) is 34.6 Å². The lowest BCUT2D eigenvalue weighted by Gasteiger charge is -2.40. The third kappa shape index (κ3) is 4.49. The Morgan fingerprint density at radius 2 is 1.80 bits per heavy atom. The lowest BCUT2D eigenvalue weighted by atomic mass is 9.77. The van der Waals surface area contributed by atoms with Gasteiger partial charge in [0.05, 0.1) is 5.41 Å². The highest BCUT2D eigenvalue weighted by Crippen LogP contribution is 2.39. The van der Waals surface area contributed by atoms with E-state index in [4.69, 9.17) is 4.74 Å². The maximum atomic E-state index is 12.8. The molecule has 0 heterocycles. The summed E-state index contributed by atoms with van der Waals surface area (Å²) < 4.78 is 6.11. The minimum absolute atomic E-state index is 0.0526. The van der Waals surface area contributed by atoms with Gasteiger partial charge in [-0.2, -0.15) is 0 Å². The van der Waals surface area contributed by atoms with Gasteiger partial charge < -0.3 is 4.74 Å². The molecule has 0 aromatic rings. The summed E-state index contributed by atoms with van der Waals surface area (Å²) in [6.45, 7) is 10.8. The van der Waals surface area contributed by atoms with E-state index in [1.54, 1.807) is 0 Å². The van der Waals surface area contributed by atoms with Crippen LogP contribution in [0.1, 0.15) is 92.4 Å². The van der Waals surface area contributed by atoms with Crippen LogP contribution in [0, 0.1) is 11.3 Å². The number of hydrogen-bond acceptors (Lipinski definition) is 2. The van der Waals surface area contributed by atoms with Crippen molar-refractivity contribution in [1.82, 2.24) is 0 Å². The number of esters is 1. The number of rotatable bonds is 7. The van der Waals surface area contributed by atoms with Gasteiger partial charge >= 0.3 is 5.97 Å². The summed E-state index contributed by atoms with van der Waals surface area (Å²) >= 11 is 0. The third-order valence-corrected chi connectivity index (χ3v) is 4.87. The molecule has 0 spiro atoms. The lowest BCUT2D eigenvalue weighted by Crippen LogP contribution is -2.42. The van der Waals surface area contributed by atoms with E-state index in [1.165, 1.54) is 19.3 Å². The largest absolute Gasteiger partial charge is 0.459 e. The summed E-state index contributed by atoms with van der Waals surface area (Å²) in [6, 6.07) is 0. The Labute approximate surface area is 125 Å². The SMILES string of the molecule is CCCC(C)(CC(C)C)C(=O)OC1(CC)CCCCC1. The smallest absolute Gasteiger partial charge is 0.312 e. The minimum atomic E-state index is -0.303. The minimum Gasteiger partial charge on any atom is -0.459 e. The Morgan fingerprint density at radius 1 is 1.20 bits per heavy atom. The van der Waals surface area contributed by atoms with E-state index in [1.807, 2.05) is 0 Å². The van der Waals surface area contributed by atoms with Crippen LogP contribution in [0.25, 0.3) is 0 Å². The zero-order valence-electron chi connectivity index (χ0n) is 14.3. The van der Waals surface area contributed by atoms with Crippen molar-refractivity contribution < 1.29 is 9.53 Å². The van der Waals surface area contributed by atoms with Crippen molar-refractivity contribution in [2.75, 3.05) is 0 Å². The second-order valence-corrected chi connectivity index (χ2v) is 7.40. The Kier molecular flexibility index (Phi) is 6.54. The summed E-state index contributed by atoms with van der Waals surface area (Å²) in [5.41, 5.74) is -0.468. The summed E-state index contributed by atoms with van der Waals surface area (Å²) in [7, 11) is 0. The van der Waals surface area contributed by atoms with Gasteiger partial charge in [0.15, 0.2) is 0 Å². The predicted molar refractivity (Wildman–Crippen MR) is 84.7 cm³/mol. The van der Waals surface area contributed by atoms with Crippen molar-refractivity contribution in [2.45, 2.75) is 98.0 Å². The summed E-state index contributed by atoms with van der Waals surface area (Å²) in [5.74, 6) is 0.583. The van der Waals surface area contributed by atoms with Gasteiger partial charge in [-0.3, -0.25) is 4.79 Å². The average molecular weight is 282 g/mol. The van der Waals surface area contributed by atoms with E-state index in [0.717, 1.165) is 38.5 Å². The normalized spacial score (nSPS) is 21.5. The van der Waals surface area contributed by atoms with Crippen molar-refractivity contribution in [3.63, 3.8) is 0 Å². The second-order valence-electron chi connectivity index (χ2n) is 7.40. The molecule has 20 heavy (non-hydrogen) atoms. The first-order valence-corrected chi connectivity index (χ1v) is 8.61. The van der Waals surface area contributed by atoms with E-state index in [9.17, 15) is 4.79 Å². The van der Waals surface area contributed by atoms with Gasteiger partial charge in [-0.25, -0.2) is 0 Å². The maximum Gasteiger partial charge on any atom is 0.312 e. The first-order valence-electron chi connectivity index (χ1n) is 8.61. The summed E-state index contributed by atoms with van der Waals surface area (Å²) in [6.07, 6.45) is 9.67. The Bertz CT molecular complexity index is 303. The molecule has 1 aliphatic rings. The molecule has 1 aliphatic carbocycles. The van der Waals surface area contributed by atoms with Crippen molar-refractivity contribution in [2.24, 2.45) is 11.3 Å². The first kappa shape index (κ1) is 17.5. The monoisotopic (exact) mass is 282 g/mol. The average Bonchev–Trinajstić information content (AvgIpc) is 2.39. The van der Waals surface area contributed by atoms with E-state index >= 15 is 0 Å². The third-order valence-electron chi connectivity index (χ3n) is 4.87. The van der Waals surface area contributed by atoms with Crippen LogP contribution < -0.4 is 0 Å². The van der Waals surface area contributed by atoms with Gasteiger partial charge in [-0.15, -0.1) is 0 Å². The zero-order valence-corrected chi connectivity index (χ0v) is 14.3. The van der Waals surface area contributed by atoms with Gasteiger partial charge in [0.25, 0.3) is 0 Å². The fourth-order valence-corrected chi connectivity index (χ4v) is 3.78. The molecular weight excluding hydrogens is 248 g/mol. The second kappa shape index (κ2) is 7.47. The Hall–Kier alpha value is -0.530. The summed E-state index contributed by atoms with van der Waals surface area (Å²) in [5, 5.41) is 0. The first-order chi connectivity index (χ1) is 9.37. The highest BCUT2D eigenvalue weighted by molar-refractivity contribution is 5.76. The molecule has 0 N–H and O–H groups in total. The van der Waals surface area contributed by atoms with Crippen LogP contribution in [0.4, 0.5) is 0 Å². The van der Waals surface area contributed by atoms with E-state index < -0.39 is 0 Å². The van der Waals surface area contributed by atoms with Gasteiger partial charge in [0.1, 0.15) is 5.60 Å². The zero-order chi connectivity index (χ0) is 15.2. The number of carbonyl (C=O) groups is 1. The van der Waals surface area contributed by atoms with Crippen LogP contribution in [0.5, 0.6) is 0 Å². The quantitative estimate of drug-likeness (QED) is 0.577. The number of ether oxygens (including phenoxy) is 1. The van der Waals surface area contributed by atoms with Crippen molar-refractivity contribution in [3.05, 3.63) is 0 Å². The van der Waals surface area contributed by atoms with Crippen molar-refractivity contribution in [3.8, 4) is 0 Å². The Morgan fingerprint density at radius 3 is 2.25 bits per heavy atom. The highest BCUT2D eigenvalue weighted by Gasteiger charge is 2.41. The Balaban J connectivity index is 2.78. The lowest BCUT2D eigenvalue weighted by molar-refractivity contribution is -0.177. The fourth-order valence-electron chi connectivity index (χ4n) is 3.78. The predicted octanol–water partition coefficient (Wildman–Crippen LogP) is 5.50. The van der Waals surface area contributed by atoms with Crippen LogP contribution in [-0.2, 0) is 9.53 Å². The highest BCUT2D eigenvalue weighted by atomic mass is 16.6. The molecule has 0 bridgehead atoms. The molecule has 0 amide bonds. The van der Waals surface area contributed by atoms with Crippen LogP contribution in [0.3, 0.4) is 0 Å². The van der Waals surface area contributed by atoms with Gasteiger partial charge in [-0.1, -0.05) is 40.5 Å². The maximum absolute atomic E-state index is 12.8. The molecule has 1 atom stereocenters. The van der Waals surface area contributed by atoms with Crippen molar-refractivity contribution >= 4 is 5.97 Å². The summed E-state index contributed by atoms with van der Waals surface area (Å²) in [4.78, 5) is 12.8. The molecule has 1 saturated carbocycles. The molecule has 0 aromatic carbocycles. The molecular formula is C18H34O2. The molecule has 1 fully saturated rings. The molecule has 0 radical (unpaired) electrons. The topological polar surface area (TPSA) is 26.3 Å². The van der Waals surface area contributed by atoms with E-state index in [0.29, 0.717) is 5.92 Å². The van der Waals surface area contributed by atoms with E-state index in [-0.39, 0.29) is 17.0 Å². The molecule has 1 unspecified atom stereocenters. The van der Waals surface area contributed by atoms with Gasteiger partial charge in [0, 0.05) is 0 Å². The number of carbonyl (C=O) groups excluding carboxylic acids is 1. The van der Waals surface area contributed by atoms with Crippen LogP contribution in [0.15, 0.2) is 0 Å². The standard InChI is InChI=1S/C18H34O2/c1-6-11-17(5,14-15(3)4)16(19)20-18(7-2)12-9-8-10-13-18/h15H,6-14H2,1-5H3. The molecule has 2 nitrogen and oxygen atoms in total. The molecule has 2 heteroatoms. The molecule has 0 aromatic heterocycles. The van der Waals surface area contributed by atoms with Crippen molar-refractivity contribution in [1.29, 1.82) is 0 Å². The molecule has 1 rings (SSSR count). The molecule has 118 valence electrons. The molecule has 0 aliphatic heterocycles. The van der Waals surface area contributed by atoms with Crippen LogP contribution in [0.2, 0.25) is 0 Å². The number of hydrogen-bond donors (Lipinski definition) is 0. The fraction of sp³-hybridized carbons (Fsp3) is 0.944.